The zero-order valence-corrected chi connectivity index (χ0v) is 15.4. The van der Waals surface area contributed by atoms with E-state index in [1.807, 2.05) is 41.0 Å². The number of benzene rings is 3. The van der Waals surface area contributed by atoms with E-state index in [0.717, 1.165) is 27.7 Å². The minimum Gasteiger partial charge on any atom is -0.380 e. The Bertz CT molecular complexity index is 1090. The average Bonchev–Trinajstić information content (AvgIpc) is 3.01. The third-order valence-electron chi connectivity index (χ3n) is 5.01. The van der Waals surface area contributed by atoms with Gasteiger partial charge in [0.1, 0.15) is 17.7 Å². The summed E-state index contributed by atoms with van der Waals surface area (Å²) < 4.78 is 15.3. The average molecular weight is 360 g/mol. The van der Waals surface area contributed by atoms with Crippen molar-refractivity contribution in [2.24, 2.45) is 0 Å². The van der Waals surface area contributed by atoms with Crippen molar-refractivity contribution >= 4 is 11.0 Å². The molecule has 4 heteroatoms. The van der Waals surface area contributed by atoms with Crippen molar-refractivity contribution in [1.29, 1.82) is 0 Å². The van der Waals surface area contributed by atoms with Crippen molar-refractivity contribution in [1.82, 2.24) is 9.55 Å². The predicted molar refractivity (Wildman–Crippen MR) is 105 cm³/mol. The van der Waals surface area contributed by atoms with Gasteiger partial charge in [0.05, 0.1) is 11.0 Å². The largest absolute Gasteiger partial charge is 0.380 e. The molecule has 0 aliphatic carbocycles. The molecule has 1 N–H and O–H groups in total. The van der Waals surface area contributed by atoms with E-state index in [0.29, 0.717) is 12.4 Å². The van der Waals surface area contributed by atoms with Crippen LogP contribution in [0.15, 0.2) is 66.7 Å². The second kappa shape index (κ2) is 6.97. The first kappa shape index (κ1) is 17.4. The molecule has 4 rings (SSSR count). The van der Waals surface area contributed by atoms with E-state index in [1.165, 1.54) is 17.7 Å². The van der Waals surface area contributed by atoms with Gasteiger partial charge in [-0.25, -0.2) is 9.37 Å². The van der Waals surface area contributed by atoms with Crippen LogP contribution in [-0.4, -0.2) is 14.7 Å². The first-order valence-electron chi connectivity index (χ1n) is 8.98. The van der Waals surface area contributed by atoms with Gasteiger partial charge < -0.3 is 9.67 Å². The monoisotopic (exact) mass is 360 g/mol. The second-order valence-corrected chi connectivity index (χ2v) is 6.92. The summed E-state index contributed by atoms with van der Waals surface area (Å²) in [4.78, 5) is 4.74. The van der Waals surface area contributed by atoms with Crippen LogP contribution in [0, 0.1) is 19.7 Å². The van der Waals surface area contributed by atoms with E-state index in [-0.39, 0.29) is 5.82 Å². The van der Waals surface area contributed by atoms with Crippen molar-refractivity contribution in [2.45, 2.75) is 26.5 Å². The molecule has 0 fully saturated rings. The van der Waals surface area contributed by atoms with E-state index < -0.39 is 6.10 Å². The quantitative estimate of drug-likeness (QED) is 0.561. The van der Waals surface area contributed by atoms with Crippen molar-refractivity contribution in [2.75, 3.05) is 0 Å². The molecule has 0 bridgehead atoms. The van der Waals surface area contributed by atoms with Gasteiger partial charge in [-0.1, -0.05) is 42.5 Å². The molecule has 0 radical (unpaired) electrons. The normalized spacial score (nSPS) is 12.4. The van der Waals surface area contributed by atoms with Crippen LogP contribution < -0.4 is 0 Å². The van der Waals surface area contributed by atoms with Crippen LogP contribution >= 0.6 is 0 Å². The standard InChI is InChI=1S/C23H21FN2O/c1-15-12-20-21(13-16(15)2)26(14-17-8-10-19(24)11-9-17)23(25-20)22(27)18-6-4-3-5-7-18/h3-13,22,27H,14H2,1-2H3. The fraction of sp³-hybridized carbons (Fsp3) is 0.174. The molecule has 1 unspecified atom stereocenters. The lowest BCUT2D eigenvalue weighted by molar-refractivity contribution is 0.206. The van der Waals surface area contributed by atoms with Gasteiger partial charge in [0, 0.05) is 6.54 Å². The second-order valence-electron chi connectivity index (χ2n) is 6.92. The topological polar surface area (TPSA) is 38.1 Å². The highest BCUT2D eigenvalue weighted by molar-refractivity contribution is 5.78. The lowest BCUT2D eigenvalue weighted by atomic mass is 10.1. The number of aliphatic hydroxyl groups is 1. The van der Waals surface area contributed by atoms with Crippen molar-refractivity contribution in [3.05, 3.63) is 101 Å². The van der Waals surface area contributed by atoms with Crippen molar-refractivity contribution in [3.63, 3.8) is 0 Å². The van der Waals surface area contributed by atoms with E-state index in [4.69, 9.17) is 4.98 Å². The van der Waals surface area contributed by atoms with Crippen molar-refractivity contribution < 1.29 is 9.50 Å². The lowest BCUT2D eigenvalue weighted by Crippen LogP contribution is -2.11. The zero-order chi connectivity index (χ0) is 19.0. The summed E-state index contributed by atoms with van der Waals surface area (Å²) in [5.74, 6) is 0.329. The summed E-state index contributed by atoms with van der Waals surface area (Å²) in [6, 6.07) is 20.1. The van der Waals surface area contributed by atoms with Gasteiger partial charge in [-0.05, 0) is 60.4 Å². The first-order valence-corrected chi connectivity index (χ1v) is 8.98. The van der Waals surface area contributed by atoms with E-state index >= 15 is 0 Å². The van der Waals surface area contributed by atoms with Gasteiger partial charge in [-0.3, -0.25) is 0 Å². The third-order valence-corrected chi connectivity index (χ3v) is 5.01. The smallest absolute Gasteiger partial charge is 0.143 e. The minimum absolute atomic E-state index is 0.259. The molecule has 27 heavy (non-hydrogen) atoms. The Morgan fingerprint density at radius 2 is 1.63 bits per heavy atom. The highest BCUT2D eigenvalue weighted by atomic mass is 19.1. The van der Waals surface area contributed by atoms with Gasteiger partial charge in [-0.15, -0.1) is 0 Å². The first-order chi connectivity index (χ1) is 13.0. The molecule has 4 aromatic rings. The number of aromatic nitrogens is 2. The Kier molecular flexibility index (Phi) is 4.50. The molecule has 3 nitrogen and oxygen atoms in total. The van der Waals surface area contributed by atoms with Crippen LogP contribution in [0.1, 0.15) is 34.2 Å². The van der Waals surface area contributed by atoms with Crippen LogP contribution in [0.4, 0.5) is 4.39 Å². The third kappa shape index (κ3) is 3.36. The number of halogens is 1. The van der Waals surface area contributed by atoms with Crippen LogP contribution in [0.5, 0.6) is 0 Å². The van der Waals surface area contributed by atoms with Crippen LogP contribution in [0.3, 0.4) is 0 Å². The maximum absolute atomic E-state index is 13.3. The molecule has 0 aliphatic heterocycles. The number of rotatable bonds is 4. The number of fused-ring (bicyclic) bond motifs is 1. The maximum Gasteiger partial charge on any atom is 0.143 e. The van der Waals surface area contributed by atoms with Crippen LogP contribution in [-0.2, 0) is 6.54 Å². The molecule has 136 valence electrons. The molecule has 0 saturated heterocycles. The molecule has 1 aromatic heterocycles. The van der Waals surface area contributed by atoms with Gasteiger partial charge >= 0.3 is 0 Å². The Morgan fingerprint density at radius 3 is 2.33 bits per heavy atom. The molecule has 0 amide bonds. The summed E-state index contributed by atoms with van der Waals surface area (Å²) in [6.07, 6.45) is -0.834. The molecule has 0 aliphatic rings. The summed E-state index contributed by atoms with van der Waals surface area (Å²) in [5.41, 5.74) is 5.90. The molecule has 0 spiro atoms. The molecular weight excluding hydrogens is 339 g/mol. The fourth-order valence-electron chi connectivity index (χ4n) is 3.33. The number of hydrogen-bond donors (Lipinski definition) is 1. The number of hydrogen-bond acceptors (Lipinski definition) is 2. The van der Waals surface area contributed by atoms with Gasteiger partial charge in [0.2, 0.25) is 0 Å². The fourth-order valence-corrected chi connectivity index (χ4v) is 3.33. The van der Waals surface area contributed by atoms with E-state index in [2.05, 4.69) is 19.9 Å². The Labute approximate surface area is 157 Å². The minimum atomic E-state index is -0.834. The van der Waals surface area contributed by atoms with Gasteiger partial charge in [-0.2, -0.15) is 0 Å². The highest BCUT2D eigenvalue weighted by Crippen LogP contribution is 2.28. The number of aryl methyl sites for hydroxylation is 2. The van der Waals surface area contributed by atoms with Crippen molar-refractivity contribution in [3.8, 4) is 0 Å². The number of imidazole rings is 1. The lowest BCUT2D eigenvalue weighted by Gasteiger charge is -2.15. The van der Waals surface area contributed by atoms with Gasteiger partial charge in [0.25, 0.3) is 0 Å². The Hall–Kier alpha value is -2.98. The highest BCUT2D eigenvalue weighted by Gasteiger charge is 2.20. The zero-order valence-electron chi connectivity index (χ0n) is 15.4. The number of aliphatic hydroxyl groups excluding tert-OH is 1. The molecule has 3 aromatic carbocycles. The molecule has 0 saturated carbocycles. The molecule has 1 atom stereocenters. The molecule has 1 heterocycles. The summed E-state index contributed by atoms with van der Waals surface area (Å²) in [5, 5.41) is 11.0. The Morgan fingerprint density at radius 1 is 0.963 bits per heavy atom. The van der Waals surface area contributed by atoms with Gasteiger partial charge in [0.15, 0.2) is 0 Å². The summed E-state index contributed by atoms with van der Waals surface area (Å²) in [7, 11) is 0. The van der Waals surface area contributed by atoms with E-state index in [1.54, 1.807) is 12.1 Å². The SMILES string of the molecule is Cc1cc2nc(C(O)c3ccccc3)n(Cc3ccc(F)cc3)c2cc1C. The predicted octanol–water partition coefficient (Wildman–Crippen LogP) is 4.92. The van der Waals surface area contributed by atoms with Crippen LogP contribution in [0.2, 0.25) is 0 Å². The number of nitrogens with zero attached hydrogens (tertiary/aromatic N) is 2. The molecular formula is C23H21FN2O. The summed E-state index contributed by atoms with van der Waals surface area (Å²) in [6.45, 7) is 4.64. The Balaban J connectivity index is 1.87. The summed E-state index contributed by atoms with van der Waals surface area (Å²) >= 11 is 0. The maximum atomic E-state index is 13.3. The van der Waals surface area contributed by atoms with Crippen LogP contribution in [0.25, 0.3) is 11.0 Å². The van der Waals surface area contributed by atoms with E-state index in [9.17, 15) is 9.50 Å².